The molecule has 0 saturated carbocycles. The van der Waals surface area contributed by atoms with E-state index >= 15 is 0 Å². The molecular weight excluding hydrogens is 360 g/mol. The smallest absolute Gasteiger partial charge is 0.169 e. The summed E-state index contributed by atoms with van der Waals surface area (Å²) in [6, 6.07) is 14.2. The molecule has 1 saturated heterocycles. The lowest BCUT2D eigenvalue weighted by Crippen LogP contribution is -2.39. The standard InChI is InChI=1S/C21H26N2O3S/c1-24-16-8-6-15(7-9-16)14-22-21(27)23-12-4-5-19(23)18-11-10-17(25-2)13-20(18)26-3/h6-11,13,19H,4-5,12,14H2,1-3H3,(H,22,27)/t19-/m0/s1. The van der Waals surface area contributed by atoms with Crippen LogP contribution in [0.3, 0.4) is 0 Å². The average Bonchev–Trinajstić information content (AvgIpc) is 3.21. The van der Waals surface area contributed by atoms with Crippen LogP contribution in [-0.2, 0) is 6.54 Å². The van der Waals surface area contributed by atoms with Gasteiger partial charge >= 0.3 is 0 Å². The molecule has 2 aromatic carbocycles. The molecule has 144 valence electrons. The fourth-order valence-electron chi connectivity index (χ4n) is 3.45. The fourth-order valence-corrected chi connectivity index (χ4v) is 3.74. The van der Waals surface area contributed by atoms with Crippen LogP contribution in [0.4, 0.5) is 0 Å². The highest BCUT2D eigenvalue weighted by Gasteiger charge is 2.30. The molecule has 0 radical (unpaired) electrons. The molecule has 1 aliphatic heterocycles. The molecule has 0 bridgehead atoms. The summed E-state index contributed by atoms with van der Waals surface area (Å²) in [5, 5.41) is 4.16. The van der Waals surface area contributed by atoms with E-state index in [9.17, 15) is 0 Å². The monoisotopic (exact) mass is 386 g/mol. The second-order valence-electron chi connectivity index (χ2n) is 6.47. The van der Waals surface area contributed by atoms with Gasteiger partial charge in [-0.05, 0) is 54.9 Å². The van der Waals surface area contributed by atoms with E-state index in [2.05, 4.69) is 16.3 Å². The van der Waals surface area contributed by atoms with E-state index in [1.165, 1.54) is 0 Å². The zero-order chi connectivity index (χ0) is 19.2. The van der Waals surface area contributed by atoms with Crippen molar-refractivity contribution < 1.29 is 14.2 Å². The molecular formula is C21H26N2O3S. The summed E-state index contributed by atoms with van der Waals surface area (Å²) in [6.45, 7) is 1.63. The number of nitrogens with zero attached hydrogens (tertiary/aromatic N) is 1. The molecule has 27 heavy (non-hydrogen) atoms. The van der Waals surface area contributed by atoms with Crippen LogP contribution in [0.25, 0.3) is 0 Å². The summed E-state index contributed by atoms with van der Waals surface area (Å²) >= 11 is 5.69. The second kappa shape index (κ2) is 8.95. The molecule has 0 aromatic heterocycles. The van der Waals surface area contributed by atoms with Gasteiger partial charge in [0, 0.05) is 24.7 Å². The summed E-state index contributed by atoms with van der Waals surface area (Å²) in [5.74, 6) is 2.48. The molecule has 6 heteroatoms. The Morgan fingerprint density at radius 3 is 2.41 bits per heavy atom. The van der Waals surface area contributed by atoms with Crippen molar-refractivity contribution >= 4 is 17.3 Å². The molecule has 5 nitrogen and oxygen atoms in total. The summed E-state index contributed by atoms with van der Waals surface area (Å²) in [5.41, 5.74) is 2.31. The van der Waals surface area contributed by atoms with Crippen LogP contribution in [-0.4, -0.2) is 37.9 Å². The minimum atomic E-state index is 0.210. The van der Waals surface area contributed by atoms with E-state index < -0.39 is 0 Å². The van der Waals surface area contributed by atoms with Gasteiger partial charge in [-0.3, -0.25) is 0 Å². The number of hydrogen-bond donors (Lipinski definition) is 1. The van der Waals surface area contributed by atoms with E-state index in [-0.39, 0.29) is 6.04 Å². The van der Waals surface area contributed by atoms with Crippen molar-refractivity contribution in [1.29, 1.82) is 0 Å². The maximum atomic E-state index is 5.69. The van der Waals surface area contributed by atoms with Gasteiger partial charge in [-0.25, -0.2) is 0 Å². The number of ether oxygens (including phenoxy) is 3. The Kier molecular flexibility index (Phi) is 6.40. The maximum Gasteiger partial charge on any atom is 0.169 e. The third-order valence-corrected chi connectivity index (χ3v) is 5.29. The SMILES string of the molecule is COc1ccc(CNC(=S)N2CCC[C@H]2c2ccc(OC)cc2OC)cc1. The number of benzene rings is 2. The Bertz CT molecular complexity index is 779. The largest absolute Gasteiger partial charge is 0.497 e. The Balaban J connectivity index is 1.69. The molecule has 0 amide bonds. The van der Waals surface area contributed by atoms with Crippen LogP contribution in [0.1, 0.15) is 30.0 Å². The zero-order valence-corrected chi connectivity index (χ0v) is 16.8. The first-order valence-electron chi connectivity index (χ1n) is 9.05. The van der Waals surface area contributed by atoms with Gasteiger partial charge in [0.15, 0.2) is 5.11 Å². The molecule has 0 aliphatic carbocycles. The molecule has 0 unspecified atom stereocenters. The van der Waals surface area contributed by atoms with Gasteiger partial charge in [0.1, 0.15) is 17.2 Å². The van der Waals surface area contributed by atoms with Gasteiger partial charge in [-0.15, -0.1) is 0 Å². The highest BCUT2D eigenvalue weighted by Crippen LogP contribution is 2.38. The number of nitrogens with one attached hydrogen (secondary N) is 1. The van der Waals surface area contributed by atoms with Crippen LogP contribution < -0.4 is 19.5 Å². The molecule has 1 aliphatic rings. The van der Waals surface area contributed by atoms with Crippen molar-refractivity contribution in [3.8, 4) is 17.2 Å². The number of thiocarbonyl (C=S) groups is 1. The Labute approximate surface area is 166 Å². The first-order chi connectivity index (χ1) is 13.2. The first kappa shape index (κ1) is 19.3. The molecule has 2 aromatic rings. The number of hydrogen-bond acceptors (Lipinski definition) is 4. The van der Waals surface area contributed by atoms with Crippen molar-refractivity contribution in [3.63, 3.8) is 0 Å². The van der Waals surface area contributed by atoms with Crippen LogP contribution >= 0.6 is 12.2 Å². The van der Waals surface area contributed by atoms with Gasteiger partial charge in [-0.1, -0.05) is 12.1 Å². The van der Waals surface area contributed by atoms with Crippen LogP contribution in [0.5, 0.6) is 17.2 Å². The van der Waals surface area contributed by atoms with Crippen molar-refractivity contribution in [2.45, 2.75) is 25.4 Å². The van der Waals surface area contributed by atoms with Gasteiger partial charge in [-0.2, -0.15) is 0 Å². The van der Waals surface area contributed by atoms with Crippen molar-refractivity contribution in [1.82, 2.24) is 10.2 Å². The van der Waals surface area contributed by atoms with Crippen LogP contribution in [0.15, 0.2) is 42.5 Å². The minimum absolute atomic E-state index is 0.210. The average molecular weight is 387 g/mol. The maximum absolute atomic E-state index is 5.69. The Morgan fingerprint density at radius 1 is 1.04 bits per heavy atom. The quantitative estimate of drug-likeness (QED) is 0.759. The molecule has 1 fully saturated rings. The van der Waals surface area contributed by atoms with Crippen molar-refractivity contribution in [2.75, 3.05) is 27.9 Å². The van der Waals surface area contributed by atoms with Crippen molar-refractivity contribution in [3.05, 3.63) is 53.6 Å². The van der Waals surface area contributed by atoms with Crippen LogP contribution in [0.2, 0.25) is 0 Å². The lowest BCUT2D eigenvalue weighted by molar-refractivity contribution is 0.357. The summed E-state index contributed by atoms with van der Waals surface area (Å²) < 4.78 is 16.1. The predicted octanol–water partition coefficient (Wildman–Crippen LogP) is 3.92. The van der Waals surface area contributed by atoms with Gasteiger partial charge in [0.2, 0.25) is 0 Å². The molecule has 3 rings (SSSR count). The third-order valence-electron chi connectivity index (χ3n) is 4.92. The number of rotatable bonds is 6. The van der Waals surface area contributed by atoms with Gasteiger partial charge < -0.3 is 24.4 Å². The minimum Gasteiger partial charge on any atom is -0.497 e. The molecule has 0 spiro atoms. The highest BCUT2D eigenvalue weighted by atomic mass is 32.1. The van der Waals surface area contributed by atoms with E-state index in [0.29, 0.717) is 6.54 Å². The normalized spacial score (nSPS) is 16.1. The molecule has 1 heterocycles. The van der Waals surface area contributed by atoms with E-state index in [1.54, 1.807) is 21.3 Å². The van der Waals surface area contributed by atoms with E-state index in [0.717, 1.165) is 52.9 Å². The van der Waals surface area contributed by atoms with E-state index in [4.69, 9.17) is 26.4 Å². The summed E-state index contributed by atoms with van der Waals surface area (Å²) in [4.78, 5) is 2.25. The zero-order valence-electron chi connectivity index (χ0n) is 16.0. The Hall–Kier alpha value is -2.47. The number of methoxy groups -OCH3 is 3. The lowest BCUT2D eigenvalue weighted by Gasteiger charge is -2.29. The molecule has 1 N–H and O–H groups in total. The van der Waals surface area contributed by atoms with E-state index in [1.807, 2.05) is 36.4 Å². The van der Waals surface area contributed by atoms with Crippen LogP contribution in [0, 0.1) is 0 Å². The summed E-state index contributed by atoms with van der Waals surface area (Å²) in [6.07, 6.45) is 2.15. The Morgan fingerprint density at radius 2 is 1.74 bits per heavy atom. The van der Waals surface area contributed by atoms with Gasteiger partial charge in [0.25, 0.3) is 0 Å². The fraction of sp³-hybridized carbons (Fsp3) is 0.381. The summed E-state index contributed by atoms with van der Waals surface area (Å²) in [7, 11) is 5.02. The first-order valence-corrected chi connectivity index (χ1v) is 9.46. The van der Waals surface area contributed by atoms with Crippen molar-refractivity contribution in [2.24, 2.45) is 0 Å². The van der Waals surface area contributed by atoms with Gasteiger partial charge in [0.05, 0.1) is 27.4 Å². The predicted molar refractivity (Wildman–Crippen MR) is 111 cm³/mol. The third kappa shape index (κ3) is 4.45. The topological polar surface area (TPSA) is 43.0 Å². The molecule has 1 atom stereocenters. The highest BCUT2D eigenvalue weighted by molar-refractivity contribution is 7.80. The second-order valence-corrected chi connectivity index (χ2v) is 6.85. The lowest BCUT2D eigenvalue weighted by atomic mass is 10.0. The number of likely N-dealkylation sites (tertiary alicyclic amines) is 1.